The third-order valence-electron chi connectivity index (χ3n) is 3.22. The summed E-state index contributed by atoms with van der Waals surface area (Å²) in [4.78, 5) is 24.2. The molecule has 0 spiro atoms. The molecule has 0 aliphatic carbocycles. The van der Waals surface area contributed by atoms with Gasteiger partial charge in [-0.05, 0) is 36.8 Å². The zero-order valence-electron chi connectivity index (χ0n) is 13.3. The zero-order chi connectivity index (χ0) is 16.7. The number of benzene rings is 2. The first-order valence-electron chi connectivity index (χ1n) is 7.51. The predicted octanol–water partition coefficient (Wildman–Crippen LogP) is 3.09. The smallest absolute Gasteiger partial charge is 0.255 e. The maximum atomic E-state index is 12.4. The Bertz CT molecular complexity index is 698. The number of hydrogen-bond donors (Lipinski definition) is 2. The zero-order valence-corrected chi connectivity index (χ0v) is 13.3. The SMILES string of the molecule is CCCOc1cccc(C(=O)Nc2ccccc2C(=O)NC)c1. The first-order chi connectivity index (χ1) is 11.2. The van der Waals surface area contributed by atoms with Crippen LogP contribution < -0.4 is 15.4 Å². The van der Waals surface area contributed by atoms with Gasteiger partial charge in [0.2, 0.25) is 0 Å². The minimum atomic E-state index is -0.289. The summed E-state index contributed by atoms with van der Waals surface area (Å²) in [5.41, 5.74) is 1.36. The lowest BCUT2D eigenvalue weighted by Crippen LogP contribution is -2.21. The third-order valence-corrected chi connectivity index (χ3v) is 3.22. The van der Waals surface area contributed by atoms with Gasteiger partial charge in [0, 0.05) is 12.6 Å². The monoisotopic (exact) mass is 312 g/mol. The summed E-state index contributed by atoms with van der Waals surface area (Å²) in [5.74, 6) is 0.114. The lowest BCUT2D eigenvalue weighted by molar-refractivity contribution is 0.0964. The quantitative estimate of drug-likeness (QED) is 0.861. The summed E-state index contributed by atoms with van der Waals surface area (Å²) in [6.45, 7) is 2.62. The Hall–Kier alpha value is -2.82. The molecular weight excluding hydrogens is 292 g/mol. The Morgan fingerprint density at radius 2 is 1.83 bits per heavy atom. The molecule has 0 aliphatic rings. The van der Waals surface area contributed by atoms with Gasteiger partial charge in [-0.1, -0.05) is 25.1 Å². The molecule has 0 radical (unpaired) electrons. The molecule has 2 rings (SSSR count). The molecular formula is C18H20N2O3. The molecule has 0 fully saturated rings. The van der Waals surface area contributed by atoms with Crippen molar-refractivity contribution in [2.75, 3.05) is 19.0 Å². The number of ether oxygens (including phenoxy) is 1. The second kappa shape index (κ2) is 7.98. The van der Waals surface area contributed by atoms with Crippen LogP contribution in [0.5, 0.6) is 5.75 Å². The van der Waals surface area contributed by atoms with Crippen molar-refractivity contribution < 1.29 is 14.3 Å². The van der Waals surface area contributed by atoms with E-state index in [0.717, 1.165) is 6.42 Å². The number of amides is 2. The summed E-state index contributed by atoms with van der Waals surface area (Å²) < 4.78 is 5.53. The molecule has 2 N–H and O–H groups in total. The molecule has 5 heteroatoms. The Morgan fingerprint density at radius 3 is 2.57 bits per heavy atom. The Balaban J connectivity index is 2.18. The van der Waals surface area contributed by atoms with Crippen molar-refractivity contribution in [1.82, 2.24) is 5.32 Å². The average Bonchev–Trinajstić information content (AvgIpc) is 2.60. The van der Waals surface area contributed by atoms with Crippen molar-refractivity contribution in [1.29, 1.82) is 0 Å². The first kappa shape index (κ1) is 16.5. The minimum Gasteiger partial charge on any atom is -0.494 e. The minimum absolute atomic E-state index is 0.249. The van der Waals surface area contributed by atoms with Crippen LogP contribution in [-0.4, -0.2) is 25.5 Å². The molecule has 23 heavy (non-hydrogen) atoms. The lowest BCUT2D eigenvalue weighted by Gasteiger charge is -2.11. The topological polar surface area (TPSA) is 67.4 Å². The van der Waals surface area contributed by atoms with Gasteiger partial charge in [0.15, 0.2) is 0 Å². The summed E-state index contributed by atoms with van der Waals surface area (Å²) >= 11 is 0. The fraction of sp³-hybridized carbons (Fsp3) is 0.222. The molecule has 0 aromatic heterocycles. The number of carbonyl (C=O) groups excluding carboxylic acids is 2. The normalized spacial score (nSPS) is 10.0. The van der Waals surface area contributed by atoms with Crippen LogP contribution in [0.4, 0.5) is 5.69 Å². The Morgan fingerprint density at radius 1 is 1.04 bits per heavy atom. The molecule has 0 aliphatic heterocycles. The molecule has 0 bridgehead atoms. The van der Waals surface area contributed by atoms with Gasteiger partial charge in [0.25, 0.3) is 11.8 Å². The number of rotatable bonds is 6. The fourth-order valence-electron chi connectivity index (χ4n) is 2.07. The molecule has 0 saturated carbocycles. The molecule has 120 valence electrons. The van der Waals surface area contributed by atoms with Crippen molar-refractivity contribution in [3.05, 3.63) is 59.7 Å². The Kier molecular flexibility index (Phi) is 5.74. The van der Waals surface area contributed by atoms with Crippen LogP contribution in [0.1, 0.15) is 34.1 Å². The third kappa shape index (κ3) is 4.32. The second-order valence-electron chi connectivity index (χ2n) is 4.96. The number of hydrogen-bond acceptors (Lipinski definition) is 3. The summed E-state index contributed by atoms with van der Waals surface area (Å²) in [7, 11) is 1.55. The molecule has 0 heterocycles. The van der Waals surface area contributed by atoms with E-state index in [1.165, 1.54) is 0 Å². The number of nitrogens with one attached hydrogen (secondary N) is 2. The van der Waals surface area contributed by atoms with Crippen molar-refractivity contribution >= 4 is 17.5 Å². The van der Waals surface area contributed by atoms with Crippen molar-refractivity contribution in [3.8, 4) is 5.75 Å². The summed E-state index contributed by atoms with van der Waals surface area (Å²) in [5, 5.41) is 5.33. The highest BCUT2D eigenvalue weighted by Crippen LogP contribution is 2.18. The highest BCUT2D eigenvalue weighted by Gasteiger charge is 2.13. The highest BCUT2D eigenvalue weighted by atomic mass is 16.5. The van der Waals surface area contributed by atoms with Crippen LogP contribution in [0.25, 0.3) is 0 Å². The van der Waals surface area contributed by atoms with Crippen LogP contribution in [0.15, 0.2) is 48.5 Å². The molecule has 2 amide bonds. The van der Waals surface area contributed by atoms with E-state index >= 15 is 0 Å². The van der Waals surface area contributed by atoms with Gasteiger partial charge < -0.3 is 15.4 Å². The van der Waals surface area contributed by atoms with Crippen LogP contribution >= 0.6 is 0 Å². The maximum Gasteiger partial charge on any atom is 0.255 e. The van der Waals surface area contributed by atoms with Gasteiger partial charge in [-0.15, -0.1) is 0 Å². The summed E-state index contributed by atoms with van der Waals surface area (Å²) in [6.07, 6.45) is 0.899. The van der Waals surface area contributed by atoms with E-state index in [1.807, 2.05) is 13.0 Å². The highest BCUT2D eigenvalue weighted by molar-refractivity contribution is 6.09. The van der Waals surface area contributed by atoms with Crippen molar-refractivity contribution in [2.24, 2.45) is 0 Å². The van der Waals surface area contributed by atoms with Crippen molar-refractivity contribution in [2.45, 2.75) is 13.3 Å². The maximum absolute atomic E-state index is 12.4. The van der Waals surface area contributed by atoms with Gasteiger partial charge in [0.05, 0.1) is 17.9 Å². The number of carbonyl (C=O) groups is 2. The largest absolute Gasteiger partial charge is 0.494 e. The predicted molar refractivity (Wildman–Crippen MR) is 90.0 cm³/mol. The van der Waals surface area contributed by atoms with Crippen LogP contribution in [-0.2, 0) is 0 Å². The van der Waals surface area contributed by atoms with Gasteiger partial charge in [-0.25, -0.2) is 0 Å². The van der Waals surface area contributed by atoms with E-state index in [4.69, 9.17) is 4.74 Å². The average molecular weight is 312 g/mol. The molecule has 2 aromatic rings. The number of anilines is 1. The second-order valence-corrected chi connectivity index (χ2v) is 4.96. The van der Waals surface area contributed by atoms with E-state index in [9.17, 15) is 9.59 Å². The molecule has 0 atom stereocenters. The number of para-hydroxylation sites is 1. The van der Waals surface area contributed by atoms with Crippen LogP contribution in [0, 0.1) is 0 Å². The molecule has 0 saturated heterocycles. The van der Waals surface area contributed by atoms with E-state index < -0.39 is 0 Å². The molecule has 5 nitrogen and oxygen atoms in total. The van der Waals surface area contributed by atoms with Crippen LogP contribution in [0.2, 0.25) is 0 Å². The van der Waals surface area contributed by atoms with Crippen LogP contribution in [0.3, 0.4) is 0 Å². The molecule has 0 unspecified atom stereocenters. The Labute approximate surface area is 135 Å². The van der Waals surface area contributed by atoms with Gasteiger partial charge in [0.1, 0.15) is 5.75 Å². The van der Waals surface area contributed by atoms with Gasteiger partial charge >= 0.3 is 0 Å². The van der Waals surface area contributed by atoms with E-state index in [1.54, 1.807) is 49.5 Å². The van der Waals surface area contributed by atoms with E-state index in [-0.39, 0.29) is 11.8 Å². The van der Waals surface area contributed by atoms with Gasteiger partial charge in [-0.2, -0.15) is 0 Å². The molecule has 2 aromatic carbocycles. The van der Waals surface area contributed by atoms with Gasteiger partial charge in [-0.3, -0.25) is 9.59 Å². The summed E-state index contributed by atoms with van der Waals surface area (Å²) in [6, 6.07) is 13.8. The van der Waals surface area contributed by atoms with E-state index in [2.05, 4.69) is 10.6 Å². The lowest BCUT2D eigenvalue weighted by atomic mass is 10.1. The fourth-order valence-corrected chi connectivity index (χ4v) is 2.07. The van der Waals surface area contributed by atoms with E-state index in [0.29, 0.717) is 29.2 Å². The first-order valence-corrected chi connectivity index (χ1v) is 7.51. The standard InChI is InChI=1S/C18H20N2O3/c1-3-11-23-14-8-6-7-13(12-14)17(21)20-16-10-5-4-9-15(16)18(22)19-2/h4-10,12H,3,11H2,1-2H3,(H,19,22)(H,20,21). The van der Waals surface area contributed by atoms with Crippen molar-refractivity contribution in [3.63, 3.8) is 0 Å².